The highest BCUT2D eigenvalue weighted by atomic mass is 17.2. The van der Waals surface area contributed by atoms with E-state index in [9.17, 15) is 0 Å². The van der Waals surface area contributed by atoms with Crippen LogP contribution in [0.3, 0.4) is 0 Å². The number of rotatable bonds is 0. The van der Waals surface area contributed by atoms with Gasteiger partial charge in [-0.3, -0.25) is 0 Å². The van der Waals surface area contributed by atoms with Gasteiger partial charge >= 0.3 is 0 Å². The molecule has 1 aromatic carbocycles. The molecular formula is C10H10O2. The SMILES string of the molecule is c1ccc2c(c1)CC1OOC1C2. The fourth-order valence-corrected chi connectivity index (χ4v) is 1.93. The number of fused-ring (bicyclic) bond motifs is 2. The number of hydrogen-bond acceptors (Lipinski definition) is 2. The Bertz CT molecular complexity index is 277. The third-order valence-electron chi connectivity index (χ3n) is 2.68. The van der Waals surface area contributed by atoms with Crippen molar-refractivity contribution in [3.63, 3.8) is 0 Å². The molecule has 0 saturated carbocycles. The van der Waals surface area contributed by atoms with Crippen LogP contribution < -0.4 is 0 Å². The van der Waals surface area contributed by atoms with Crippen LogP contribution in [0.4, 0.5) is 0 Å². The molecule has 1 aliphatic heterocycles. The Morgan fingerprint density at radius 3 is 1.83 bits per heavy atom. The zero-order chi connectivity index (χ0) is 7.97. The Morgan fingerprint density at radius 1 is 0.917 bits per heavy atom. The van der Waals surface area contributed by atoms with Crippen LogP contribution in [0.2, 0.25) is 0 Å². The Balaban J connectivity index is 2.00. The van der Waals surface area contributed by atoms with Crippen LogP contribution in [-0.2, 0) is 22.6 Å². The maximum absolute atomic E-state index is 4.99. The van der Waals surface area contributed by atoms with Crippen molar-refractivity contribution in [3.05, 3.63) is 35.4 Å². The fourth-order valence-electron chi connectivity index (χ4n) is 1.93. The molecule has 2 aliphatic rings. The van der Waals surface area contributed by atoms with E-state index in [0.29, 0.717) is 12.2 Å². The van der Waals surface area contributed by atoms with E-state index in [0.717, 1.165) is 12.8 Å². The summed E-state index contributed by atoms with van der Waals surface area (Å²) in [6.45, 7) is 0. The normalized spacial score (nSPS) is 31.7. The molecule has 1 aromatic rings. The summed E-state index contributed by atoms with van der Waals surface area (Å²) in [5.41, 5.74) is 2.84. The zero-order valence-electron chi connectivity index (χ0n) is 6.69. The molecule has 12 heavy (non-hydrogen) atoms. The summed E-state index contributed by atoms with van der Waals surface area (Å²) in [5.74, 6) is 0. The Labute approximate surface area is 71.0 Å². The summed E-state index contributed by atoms with van der Waals surface area (Å²) in [7, 11) is 0. The molecule has 1 heterocycles. The highest BCUT2D eigenvalue weighted by Gasteiger charge is 2.38. The van der Waals surface area contributed by atoms with Gasteiger partial charge in [0.1, 0.15) is 12.2 Å². The predicted octanol–water partition coefficient (Wildman–Crippen LogP) is 1.48. The van der Waals surface area contributed by atoms with Crippen LogP contribution in [-0.4, -0.2) is 12.2 Å². The van der Waals surface area contributed by atoms with Gasteiger partial charge in [-0.05, 0) is 11.1 Å². The second-order valence-corrected chi connectivity index (χ2v) is 3.45. The van der Waals surface area contributed by atoms with E-state index >= 15 is 0 Å². The first-order chi connectivity index (χ1) is 5.93. The monoisotopic (exact) mass is 162 g/mol. The molecule has 2 heteroatoms. The molecule has 2 nitrogen and oxygen atoms in total. The Morgan fingerprint density at radius 2 is 1.42 bits per heavy atom. The Hall–Kier alpha value is -0.860. The van der Waals surface area contributed by atoms with Gasteiger partial charge in [0.05, 0.1) is 0 Å². The van der Waals surface area contributed by atoms with Gasteiger partial charge in [0, 0.05) is 12.8 Å². The van der Waals surface area contributed by atoms with Crippen LogP contribution in [0.1, 0.15) is 11.1 Å². The second kappa shape index (κ2) is 2.31. The molecule has 62 valence electrons. The van der Waals surface area contributed by atoms with Gasteiger partial charge < -0.3 is 0 Å². The lowest BCUT2D eigenvalue weighted by Crippen LogP contribution is -2.48. The predicted molar refractivity (Wildman–Crippen MR) is 43.6 cm³/mol. The van der Waals surface area contributed by atoms with Gasteiger partial charge in [0.15, 0.2) is 0 Å². The van der Waals surface area contributed by atoms with Crippen LogP contribution in [0.5, 0.6) is 0 Å². The molecule has 0 N–H and O–H groups in total. The minimum Gasteiger partial charge on any atom is -0.230 e. The van der Waals surface area contributed by atoms with Crippen molar-refractivity contribution < 1.29 is 9.78 Å². The minimum absolute atomic E-state index is 0.319. The fraction of sp³-hybridized carbons (Fsp3) is 0.400. The molecular weight excluding hydrogens is 152 g/mol. The van der Waals surface area contributed by atoms with E-state index in [4.69, 9.17) is 9.78 Å². The van der Waals surface area contributed by atoms with Gasteiger partial charge in [-0.1, -0.05) is 24.3 Å². The van der Waals surface area contributed by atoms with Gasteiger partial charge in [0.2, 0.25) is 0 Å². The maximum atomic E-state index is 4.99. The Kier molecular flexibility index (Phi) is 1.28. The molecule has 2 unspecified atom stereocenters. The molecule has 0 aromatic heterocycles. The van der Waals surface area contributed by atoms with Crippen molar-refractivity contribution in [1.29, 1.82) is 0 Å². The third-order valence-corrected chi connectivity index (χ3v) is 2.68. The first-order valence-corrected chi connectivity index (χ1v) is 4.32. The van der Waals surface area contributed by atoms with Crippen LogP contribution >= 0.6 is 0 Å². The van der Waals surface area contributed by atoms with E-state index in [1.165, 1.54) is 11.1 Å². The van der Waals surface area contributed by atoms with Crippen molar-refractivity contribution in [2.75, 3.05) is 0 Å². The summed E-state index contributed by atoms with van der Waals surface area (Å²) >= 11 is 0. The van der Waals surface area contributed by atoms with Crippen molar-refractivity contribution in [2.45, 2.75) is 25.0 Å². The molecule has 2 atom stereocenters. The first-order valence-electron chi connectivity index (χ1n) is 4.32. The number of hydrogen-bond donors (Lipinski definition) is 0. The first kappa shape index (κ1) is 6.63. The smallest absolute Gasteiger partial charge is 0.127 e. The molecule has 0 spiro atoms. The summed E-state index contributed by atoms with van der Waals surface area (Å²) in [6, 6.07) is 8.51. The highest BCUT2D eigenvalue weighted by Crippen LogP contribution is 2.31. The van der Waals surface area contributed by atoms with Crippen molar-refractivity contribution >= 4 is 0 Å². The van der Waals surface area contributed by atoms with Gasteiger partial charge in [-0.25, -0.2) is 9.78 Å². The van der Waals surface area contributed by atoms with E-state index in [2.05, 4.69) is 24.3 Å². The summed E-state index contributed by atoms with van der Waals surface area (Å²) in [5, 5.41) is 0. The van der Waals surface area contributed by atoms with Gasteiger partial charge in [0.25, 0.3) is 0 Å². The van der Waals surface area contributed by atoms with Crippen molar-refractivity contribution in [3.8, 4) is 0 Å². The van der Waals surface area contributed by atoms with E-state index in [1.807, 2.05) is 0 Å². The molecule has 0 amide bonds. The lowest BCUT2D eigenvalue weighted by Gasteiger charge is -2.39. The molecule has 1 aliphatic carbocycles. The third kappa shape index (κ3) is 0.822. The largest absolute Gasteiger partial charge is 0.230 e. The molecule has 3 rings (SSSR count). The van der Waals surface area contributed by atoms with E-state index in [-0.39, 0.29) is 0 Å². The summed E-state index contributed by atoms with van der Waals surface area (Å²) < 4.78 is 0. The molecule has 1 fully saturated rings. The van der Waals surface area contributed by atoms with Crippen LogP contribution in [0.15, 0.2) is 24.3 Å². The molecule has 0 radical (unpaired) electrons. The van der Waals surface area contributed by atoms with Gasteiger partial charge in [-0.2, -0.15) is 0 Å². The van der Waals surface area contributed by atoms with Crippen LogP contribution in [0.25, 0.3) is 0 Å². The quantitative estimate of drug-likeness (QED) is 0.538. The van der Waals surface area contributed by atoms with Crippen molar-refractivity contribution in [1.82, 2.24) is 0 Å². The average Bonchev–Trinajstić information content (AvgIpc) is 2.09. The van der Waals surface area contributed by atoms with E-state index < -0.39 is 0 Å². The topological polar surface area (TPSA) is 18.5 Å². The maximum Gasteiger partial charge on any atom is 0.127 e. The second-order valence-electron chi connectivity index (χ2n) is 3.45. The zero-order valence-corrected chi connectivity index (χ0v) is 6.69. The molecule has 0 bridgehead atoms. The lowest BCUT2D eigenvalue weighted by molar-refractivity contribution is -0.465. The number of benzene rings is 1. The summed E-state index contributed by atoms with van der Waals surface area (Å²) in [6.07, 6.45) is 2.67. The van der Waals surface area contributed by atoms with Crippen LogP contribution in [0, 0.1) is 0 Å². The molecule has 1 saturated heterocycles. The van der Waals surface area contributed by atoms with E-state index in [1.54, 1.807) is 0 Å². The lowest BCUT2D eigenvalue weighted by atomic mass is 9.87. The van der Waals surface area contributed by atoms with Gasteiger partial charge in [-0.15, -0.1) is 0 Å². The average molecular weight is 162 g/mol. The highest BCUT2D eigenvalue weighted by molar-refractivity contribution is 5.31. The standard InChI is InChI=1S/C10H10O2/c1-2-4-8-6-10-9(11-12-10)5-7(8)3-1/h1-4,9-10H,5-6H2. The van der Waals surface area contributed by atoms with Crippen molar-refractivity contribution in [2.24, 2.45) is 0 Å². The summed E-state index contributed by atoms with van der Waals surface area (Å²) in [4.78, 5) is 9.98. The minimum atomic E-state index is 0.319.